The first kappa shape index (κ1) is 29.9. The smallest absolute Gasteiger partial charge is 0.311 e. The number of carbonyl (C=O) groups is 1. The maximum Gasteiger partial charge on any atom is 0.311 e. The van der Waals surface area contributed by atoms with Crippen molar-refractivity contribution in [1.29, 1.82) is 0 Å². The standard InChI is InChI=1S/C33H51NO2S/c1-6-10-25(3)14-15-26(4)27(5)16-19-33(35)36-32-13-8-11-28-24-29(17-18-31(28)32)34(21-7-2)22-20-30-12-9-23-37-30/h8-9,11-13,23,25-27,29H,6-7,10,14-22,24H2,1-5H3. The summed E-state index contributed by atoms with van der Waals surface area (Å²) < 4.78 is 5.96. The van der Waals surface area contributed by atoms with Crippen LogP contribution in [0.3, 0.4) is 0 Å². The second-order valence-corrected chi connectivity index (χ2v) is 12.6. The lowest BCUT2D eigenvalue weighted by molar-refractivity contribution is -0.134. The largest absolute Gasteiger partial charge is 0.426 e. The molecule has 0 bridgehead atoms. The van der Waals surface area contributed by atoms with Crippen molar-refractivity contribution in [3.63, 3.8) is 0 Å². The molecule has 206 valence electrons. The van der Waals surface area contributed by atoms with Gasteiger partial charge in [-0.1, -0.05) is 78.5 Å². The van der Waals surface area contributed by atoms with E-state index in [-0.39, 0.29) is 5.97 Å². The van der Waals surface area contributed by atoms with Crippen LogP contribution in [0.1, 0.15) is 102 Å². The van der Waals surface area contributed by atoms with Crippen LogP contribution in [0.25, 0.3) is 0 Å². The number of rotatable bonds is 16. The summed E-state index contributed by atoms with van der Waals surface area (Å²) >= 11 is 1.86. The van der Waals surface area contributed by atoms with Crippen LogP contribution in [-0.4, -0.2) is 30.0 Å². The third-order valence-electron chi connectivity index (χ3n) is 8.56. The average molecular weight is 526 g/mol. The fourth-order valence-electron chi connectivity index (χ4n) is 5.91. The number of thiophene rings is 1. The Hall–Kier alpha value is -1.65. The van der Waals surface area contributed by atoms with Crippen molar-refractivity contribution < 1.29 is 9.53 Å². The lowest BCUT2D eigenvalue weighted by atomic mass is 9.85. The molecule has 0 aliphatic heterocycles. The van der Waals surface area contributed by atoms with E-state index in [1.807, 2.05) is 17.4 Å². The van der Waals surface area contributed by atoms with Gasteiger partial charge in [-0.25, -0.2) is 0 Å². The average Bonchev–Trinajstić information content (AvgIpc) is 3.42. The number of hydrogen-bond acceptors (Lipinski definition) is 4. The fraction of sp³-hybridized carbons (Fsp3) is 0.667. The van der Waals surface area contributed by atoms with Crippen molar-refractivity contribution in [1.82, 2.24) is 4.90 Å². The van der Waals surface area contributed by atoms with Crippen molar-refractivity contribution in [2.45, 2.75) is 111 Å². The van der Waals surface area contributed by atoms with Crippen molar-refractivity contribution in [2.75, 3.05) is 13.1 Å². The monoisotopic (exact) mass is 525 g/mol. The molecule has 0 spiro atoms. The maximum atomic E-state index is 12.8. The summed E-state index contributed by atoms with van der Waals surface area (Å²) in [7, 11) is 0. The summed E-state index contributed by atoms with van der Waals surface area (Å²) in [6, 6.07) is 11.3. The van der Waals surface area contributed by atoms with E-state index in [1.165, 1.54) is 48.1 Å². The molecule has 0 saturated carbocycles. The number of hydrogen-bond donors (Lipinski definition) is 0. The van der Waals surface area contributed by atoms with Crippen LogP contribution in [0.5, 0.6) is 5.75 Å². The number of ether oxygens (including phenoxy) is 1. The predicted octanol–water partition coefficient (Wildman–Crippen LogP) is 8.73. The quantitative estimate of drug-likeness (QED) is 0.162. The van der Waals surface area contributed by atoms with Crippen molar-refractivity contribution in [3.8, 4) is 5.75 Å². The number of benzene rings is 1. The lowest BCUT2D eigenvalue weighted by Crippen LogP contribution is -2.41. The van der Waals surface area contributed by atoms with E-state index >= 15 is 0 Å². The second-order valence-electron chi connectivity index (χ2n) is 11.6. The minimum atomic E-state index is -0.0718. The molecule has 1 aromatic heterocycles. The van der Waals surface area contributed by atoms with Crippen LogP contribution < -0.4 is 4.74 Å². The SMILES string of the molecule is CCCC(C)CCC(C)C(C)CCC(=O)Oc1cccc2c1CCC(N(CCC)CCc1cccs1)C2. The molecule has 4 heteroatoms. The normalized spacial score (nSPS) is 17.8. The third-order valence-corrected chi connectivity index (χ3v) is 9.50. The molecule has 0 amide bonds. The zero-order chi connectivity index (χ0) is 26.6. The molecule has 37 heavy (non-hydrogen) atoms. The fourth-order valence-corrected chi connectivity index (χ4v) is 6.60. The molecule has 0 fully saturated rings. The maximum absolute atomic E-state index is 12.8. The van der Waals surface area contributed by atoms with Crippen molar-refractivity contribution in [3.05, 3.63) is 51.7 Å². The zero-order valence-corrected chi connectivity index (χ0v) is 25.0. The highest BCUT2D eigenvalue weighted by atomic mass is 32.1. The molecule has 4 unspecified atom stereocenters. The summed E-state index contributed by atoms with van der Waals surface area (Å²) in [6.45, 7) is 13.8. The third kappa shape index (κ3) is 9.55. The molecule has 3 nitrogen and oxygen atoms in total. The Balaban J connectivity index is 1.50. The van der Waals surface area contributed by atoms with E-state index in [9.17, 15) is 4.79 Å². The van der Waals surface area contributed by atoms with E-state index in [1.54, 1.807) is 0 Å². The number of esters is 1. The van der Waals surface area contributed by atoms with Gasteiger partial charge in [0.1, 0.15) is 5.75 Å². The molecule has 1 aliphatic carbocycles. The molecule has 0 saturated heterocycles. The van der Waals surface area contributed by atoms with Crippen molar-refractivity contribution >= 4 is 17.3 Å². The number of fused-ring (bicyclic) bond motifs is 1. The highest BCUT2D eigenvalue weighted by molar-refractivity contribution is 7.09. The Kier molecular flexibility index (Phi) is 12.7. The Morgan fingerprint density at radius 1 is 1.00 bits per heavy atom. The first-order valence-corrected chi connectivity index (χ1v) is 15.9. The molecule has 3 rings (SSSR count). The molecular weight excluding hydrogens is 474 g/mol. The Morgan fingerprint density at radius 2 is 1.81 bits per heavy atom. The number of nitrogens with zero attached hydrogens (tertiary/aromatic N) is 1. The summed E-state index contributed by atoms with van der Waals surface area (Å²) in [5.74, 6) is 2.74. The van der Waals surface area contributed by atoms with E-state index in [4.69, 9.17) is 4.74 Å². The molecule has 1 heterocycles. The molecule has 4 atom stereocenters. The van der Waals surface area contributed by atoms with Gasteiger partial charge in [-0.2, -0.15) is 0 Å². The van der Waals surface area contributed by atoms with Crippen LogP contribution in [0, 0.1) is 17.8 Å². The van der Waals surface area contributed by atoms with Crippen molar-refractivity contribution in [2.24, 2.45) is 17.8 Å². The number of carbonyl (C=O) groups excluding carboxylic acids is 1. The van der Waals surface area contributed by atoms with Crippen LogP contribution in [0.15, 0.2) is 35.7 Å². The van der Waals surface area contributed by atoms with Gasteiger partial charge >= 0.3 is 5.97 Å². The van der Waals surface area contributed by atoms with Gasteiger partial charge in [0.05, 0.1) is 0 Å². The first-order chi connectivity index (χ1) is 17.9. The van der Waals surface area contributed by atoms with E-state index in [0.717, 1.165) is 56.9 Å². The molecule has 0 N–H and O–H groups in total. The Labute approximate surface area is 231 Å². The molecule has 1 aliphatic rings. The van der Waals surface area contributed by atoms with E-state index < -0.39 is 0 Å². The minimum Gasteiger partial charge on any atom is -0.426 e. The summed E-state index contributed by atoms with van der Waals surface area (Å²) in [6.07, 6.45) is 12.1. The second kappa shape index (κ2) is 15.7. The first-order valence-electron chi connectivity index (χ1n) is 15.0. The van der Waals surface area contributed by atoms with Gasteiger partial charge in [0.25, 0.3) is 0 Å². The highest BCUT2D eigenvalue weighted by Gasteiger charge is 2.26. The van der Waals surface area contributed by atoms with Crippen LogP contribution >= 0.6 is 11.3 Å². The van der Waals surface area contributed by atoms with Gasteiger partial charge in [-0.3, -0.25) is 9.69 Å². The van der Waals surface area contributed by atoms with Gasteiger partial charge in [0, 0.05) is 23.9 Å². The predicted molar refractivity (Wildman–Crippen MR) is 159 cm³/mol. The summed E-state index contributed by atoms with van der Waals surface area (Å²) in [5, 5.41) is 2.18. The minimum absolute atomic E-state index is 0.0718. The molecule has 0 radical (unpaired) electrons. The molecular formula is C33H51NO2S. The highest BCUT2D eigenvalue weighted by Crippen LogP contribution is 2.32. The summed E-state index contributed by atoms with van der Waals surface area (Å²) in [4.78, 5) is 17.0. The van der Waals surface area contributed by atoms with Crippen LogP contribution in [-0.2, 0) is 24.1 Å². The topological polar surface area (TPSA) is 29.5 Å². The molecule has 1 aromatic carbocycles. The van der Waals surface area contributed by atoms with E-state index in [2.05, 4.69) is 69.2 Å². The van der Waals surface area contributed by atoms with Gasteiger partial charge in [0.15, 0.2) is 0 Å². The Bertz CT molecular complexity index is 924. The van der Waals surface area contributed by atoms with Gasteiger partial charge in [-0.05, 0) is 91.5 Å². The lowest BCUT2D eigenvalue weighted by Gasteiger charge is -2.35. The van der Waals surface area contributed by atoms with Gasteiger partial charge < -0.3 is 4.74 Å². The molecule has 2 aromatic rings. The van der Waals surface area contributed by atoms with Crippen LogP contribution in [0.2, 0.25) is 0 Å². The van der Waals surface area contributed by atoms with Gasteiger partial charge in [-0.15, -0.1) is 11.3 Å². The summed E-state index contributed by atoms with van der Waals surface area (Å²) in [5.41, 5.74) is 2.62. The zero-order valence-electron chi connectivity index (χ0n) is 24.1. The van der Waals surface area contributed by atoms with E-state index in [0.29, 0.717) is 24.3 Å². The van der Waals surface area contributed by atoms with Crippen LogP contribution in [0.4, 0.5) is 0 Å². The Morgan fingerprint density at radius 3 is 2.54 bits per heavy atom. The van der Waals surface area contributed by atoms with Gasteiger partial charge in [0.2, 0.25) is 0 Å².